The van der Waals surface area contributed by atoms with Crippen molar-refractivity contribution < 1.29 is 8.42 Å². The maximum absolute atomic E-state index is 11.5. The van der Waals surface area contributed by atoms with Gasteiger partial charge in [-0.3, -0.25) is 0 Å². The van der Waals surface area contributed by atoms with Gasteiger partial charge in [0.2, 0.25) is 10.0 Å². The lowest BCUT2D eigenvalue weighted by Gasteiger charge is -2.07. The highest BCUT2D eigenvalue weighted by Gasteiger charge is 2.07. The van der Waals surface area contributed by atoms with E-state index in [1.807, 2.05) is 17.7 Å². The first-order valence-corrected chi connectivity index (χ1v) is 7.43. The molecule has 0 aliphatic rings. The molecule has 0 aromatic carbocycles. The molecule has 0 bridgehead atoms. The van der Waals surface area contributed by atoms with E-state index < -0.39 is 10.0 Å². The van der Waals surface area contributed by atoms with Crippen LogP contribution in [0.2, 0.25) is 0 Å². The fourth-order valence-electron chi connectivity index (χ4n) is 1.36. The lowest BCUT2D eigenvalue weighted by Crippen LogP contribution is -2.32. The third-order valence-corrected chi connectivity index (χ3v) is 3.66. The summed E-state index contributed by atoms with van der Waals surface area (Å²) in [6.07, 6.45) is 6.05. The number of imidazole rings is 1. The van der Waals surface area contributed by atoms with E-state index in [-0.39, 0.29) is 5.75 Å². The Bertz CT molecular complexity index is 388. The number of nitrogens with one attached hydrogen (secondary N) is 2. The van der Waals surface area contributed by atoms with Crippen molar-refractivity contribution in [2.75, 3.05) is 25.4 Å². The summed E-state index contributed by atoms with van der Waals surface area (Å²) in [7, 11) is -3.13. The fraction of sp³-hybridized carbons (Fsp3) is 0.700. The molecule has 1 rings (SSSR count). The maximum Gasteiger partial charge on any atom is 0.212 e. The highest BCUT2D eigenvalue weighted by atomic mass is 32.2. The molecule has 1 aromatic rings. The minimum absolute atomic E-state index is 0.131. The molecule has 0 saturated carbocycles. The van der Waals surface area contributed by atoms with E-state index in [2.05, 4.69) is 15.0 Å². The summed E-state index contributed by atoms with van der Waals surface area (Å²) >= 11 is 0. The van der Waals surface area contributed by atoms with Gasteiger partial charge in [-0.15, -0.1) is 0 Å². The summed E-state index contributed by atoms with van der Waals surface area (Å²) in [6.45, 7) is 4.47. The Morgan fingerprint density at radius 2 is 2.18 bits per heavy atom. The van der Waals surface area contributed by atoms with E-state index in [1.165, 1.54) is 0 Å². The molecule has 0 aliphatic carbocycles. The largest absolute Gasteiger partial charge is 0.337 e. The van der Waals surface area contributed by atoms with Crippen LogP contribution in [0.5, 0.6) is 0 Å². The van der Waals surface area contributed by atoms with Crippen LogP contribution in [-0.4, -0.2) is 43.4 Å². The van der Waals surface area contributed by atoms with Crippen LogP contribution in [0.15, 0.2) is 18.7 Å². The summed E-state index contributed by atoms with van der Waals surface area (Å²) < 4.78 is 27.5. The van der Waals surface area contributed by atoms with E-state index >= 15 is 0 Å². The molecule has 7 heteroatoms. The molecule has 1 heterocycles. The summed E-state index contributed by atoms with van der Waals surface area (Å²) in [5.41, 5.74) is 0. The van der Waals surface area contributed by atoms with Gasteiger partial charge in [0.25, 0.3) is 0 Å². The van der Waals surface area contributed by atoms with Gasteiger partial charge < -0.3 is 9.88 Å². The van der Waals surface area contributed by atoms with Gasteiger partial charge in [0.15, 0.2) is 0 Å². The second kappa shape index (κ2) is 7.41. The monoisotopic (exact) mass is 260 g/mol. The molecule has 6 nitrogen and oxygen atoms in total. The summed E-state index contributed by atoms with van der Waals surface area (Å²) in [5.74, 6) is 0.131. The van der Waals surface area contributed by atoms with E-state index in [0.717, 1.165) is 19.5 Å². The van der Waals surface area contributed by atoms with Gasteiger partial charge in [-0.05, 0) is 13.0 Å². The molecule has 0 saturated heterocycles. The lowest BCUT2D eigenvalue weighted by molar-refractivity contribution is 0.566. The Labute approximate surface area is 102 Å². The van der Waals surface area contributed by atoms with Crippen molar-refractivity contribution in [3.8, 4) is 0 Å². The average molecular weight is 260 g/mol. The van der Waals surface area contributed by atoms with Crippen LogP contribution in [0.1, 0.15) is 13.3 Å². The normalized spacial score (nSPS) is 11.8. The van der Waals surface area contributed by atoms with Crippen molar-refractivity contribution in [2.45, 2.75) is 19.9 Å². The minimum atomic E-state index is -3.13. The van der Waals surface area contributed by atoms with Crippen LogP contribution in [-0.2, 0) is 16.6 Å². The standard InChI is InChI=1S/C10H20N4O2S/c1-2-11-6-9-17(15,16)13-4-3-7-14-8-5-12-10-14/h5,8,10-11,13H,2-4,6-7,9H2,1H3. The number of rotatable bonds is 9. The Hall–Kier alpha value is -0.920. The third-order valence-electron chi connectivity index (χ3n) is 2.27. The fourth-order valence-corrected chi connectivity index (χ4v) is 2.38. The molecule has 0 amide bonds. The second-order valence-electron chi connectivity index (χ2n) is 3.72. The summed E-state index contributed by atoms with van der Waals surface area (Å²) in [5, 5.41) is 2.99. The quantitative estimate of drug-likeness (QED) is 0.603. The van der Waals surface area contributed by atoms with Crippen molar-refractivity contribution in [3.05, 3.63) is 18.7 Å². The Morgan fingerprint density at radius 3 is 2.82 bits per heavy atom. The van der Waals surface area contributed by atoms with Gasteiger partial charge in [-0.2, -0.15) is 0 Å². The predicted octanol–water partition coefficient (Wildman–Crippen LogP) is -0.198. The van der Waals surface area contributed by atoms with Gasteiger partial charge in [0.05, 0.1) is 12.1 Å². The Balaban J connectivity index is 2.12. The minimum Gasteiger partial charge on any atom is -0.337 e. The van der Waals surface area contributed by atoms with E-state index in [4.69, 9.17) is 0 Å². The van der Waals surface area contributed by atoms with Crippen molar-refractivity contribution in [1.82, 2.24) is 19.6 Å². The zero-order valence-corrected chi connectivity index (χ0v) is 10.9. The topological polar surface area (TPSA) is 76.0 Å². The van der Waals surface area contributed by atoms with E-state index in [9.17, 15) is 8.42 Å². The molecule has 0 spiro atoms. The van der Waals surface area contributed by atoms with Crippen LogP contribution in [0.25, 0.3) is 0 Å². The van der Waals surface area contributed by atoms with E-state index in [0.29, 0.717) is 13.1 Å². The van der Waals surface area contributed by atoms with Crippen LogP contribution in [0.4, 0.5) is 0 Å². The van der Waals surface area contributed by atoms with Gasteiger partial charge in [0.1, 0.15) is 0 Å². The van der Waals surface area contributed by atoms with Crippen molar-refractivity contribution in [3.63, 3.8) is 0 Å². The number of aryl methyl sites for hydroxylation is 1. The van der Waals surface area contributed by atoms with Gasteiger partial charge in [-0.25, -0.2) is 18.1 Å². The van der Waals surface area contributed by atoms with Crippen LogP contribution < -0.4 is 10.0 Å². The number of sulfonamides is 1. The van der Waals surface area contributed by atoms with Crippen LogP contribution in [0.3, 0.4) is 0 Å². The highest BCUT2D eigenvalue weighted by molar-refractivity contribution is 7.89. The molecule has 1 aromatic heterocycles. The predicted molar refractivity (Wildman–Crippen MR) is 67.2 cm³/mol. The van der Waals surface area contributed by atoms with Gasteiger partial charge in [-0.1, -0.05) is 6.92 Å². The van der Waals surface area contributed by atoms with Crippen LogP contribution >= 0.6 is 0 Å². The number of aromatic nitrogens is 2. The van der Waals surface area contributed by atoms with Crippen molar-refractivity contribution in [1.29, 1.82) is 0 Å². The number of hydrogen-bond acceptors (Lipinski definition) is 4. The van der Waals surface area contributed by atoms with Crippen LogP contribution in [0, 0.1) is 0 Å². The SMILES string of the molecule is CCNCCS(=O)(=O)NCCCn1ccnc1. The molecule has 98 valence electrons. The summed E-state index contributed by atoms with van der Waals surface area (Å²) in [6, 6.07) is 0. The zero-order valence-electron chi connectivity index (χ0n) is 10.1. The second-order valence-corrected chi connectivity index (χ2v) is 5.65. The molecular formula is C10H20N4O2S. The molecule has 0 unspecified atom stereocenters. The lowest BCUT2D eigenvalue weighted by atomic mass is 10.4. The van der Waals surface area contributed by atoms with Gasteiger partial charge in [0, 0.05) is 32.0 Å². The molecule has 0 radical (unpaired) electrons. The molecule has 17 heavy (non-hydrogen) atoms. The highest BCUT2D eigenvalue weighted by Crippen LogP contribution is 1.90. The first-order chi connectivity index (χ1) is 8.14. The average Bonchev–Trinajstić information content (AvgIpc) is 2.77. The summed E-state index contributed by atoms with van der Waals surface area (Å²) in [4.78, 5) is 3.92. The maximum atomic E-state index is 11.5. The zero-order chi connectivity index (χ0) is 12.6. The third kappa shape index (κ3) is 6.40. The number of nitrogens with zero attached hydrogens (tertiary/aromatic N) is 2. The molecule has 0 aliphatic heterocycles. The Morgan fingerprint density at radius 1 is 1.35 bits per heavy atom. The first kappa shape index (κ1) is 14.1. The molecule has 0 atom stereocenters. The smallest absolute Gasteiger partial charge is 0.212 e. The first-order valence-electron chi connectivity index (χ1n) is 5.78. The van der Waals surface area contributed by atoms with E-state index in [1.54, 1.807) is 12.5 Å². The number of hydrogen-bond donors (Lipinski definition) is 2. The van der Waals surface area contributed by atoms with Crippen molar-refractivity contribution in [2.24, 2.45) is 0 Å². The van der Waals surface area contributed by atoms with Gasteiger partial charge >= 0.3 is 0 Å². The Kier molecular flexibility index (Phi) is 6.17. The molecule has 2 N–H and O–H groups in total. The van der Waals surface area contributed by atoms with Crippen molar-refractivity contribution >= 4 is 10.0 Å². The molecular weight excluding hydrogens is 240 g/mol. The molecule has 0 fully saturated rings.